The fourth-order valence-electron chi connectivity index (χ4n) is 3.01. The molecule has 0 saturated carbocycles. The number of benzene rings is 3. The minimum Gasteiger partial charge on any atom is -0.422 e. The number of fused-ring (bicyclic) bond motifs is 1. The highest BCUT2D eigenvalue weighted by Crippen LogP contribution is 2.36. The molecular formula is C22H15FO2. The van der Waals surface area contributed by atoms with Crippen LogP contribution in [0.3, 0.4) is 0 Å². The van der Waals surface area contributed by atoms with Crippen molar-refractivity contribution in [2.24, 2.45) is 0 Å². The summed E-state index contributed by atoms with van der Waals surface area (Å²) in [7, 11) is 0. The molecule has 0 aliphatic carbocycles. The Morgan fingerprint density at radius 1 is 0.760 bits per heavy atom. The van der Waals surface area contributed by atoms with Gasteiger partial charge in [-0.05, 0) is 30.7 Å². The van der Waals surface area contributed by atoms with Gasteiger partial charge in [-0.2, -0.15) is 0 Å². The average molecular weight is 330 g/mol. The van der Waals surface area contributed by atoms with Crippen molar-refractivity contribution in [3.8, 4) is 22.5 Å². The summed E-state index contributed by atoms with van der Waals surface area (Å²) in [5.41, 5.74) is 3.15. The third kappa shape index (κ3) is 2.74. The predicted octanol–water partition coefficient (Wildman–Crippen LogP) is 5.57. The Labute approximate surface area is 144 Å². The Morgan fingerprint density at radius 2 is 1.36 bits per heavy atom. The number of halogens is 1. The molecule has 122 valence electrons. The standard InChI is InChI=1S/C22H15FO2/c1-14-6-8-16(9-7-14)21-20(15-10-12-17(23)13-11-15)18-4-2-3-5-19(18)22(24)25-21/h2-13H,1H3. The summed E-state index contributed by atoms with van der Waals surface area (Å²) >= 11 is 0. The van der Waals surface area contributed by atoms with Crippen LogP contribution < -0.4 is 5.63 Å². The first-order valence-electron chi connectivity index (χ1n) is 8.02. The van der Waals surface area contributed by atoms with Gasteiger partial charge in [0.2, 0.25) is 0 Å². The van der Waals surface area contributed by atoms with Crippen molar-refractivity contribution >= 4 is 10.8 Å². The maximum Gasteiger partial charge on any atom is 0.344 e. The first-order valence-corrected chi connectivity index (χ1v) is 8.02. The van der Waals surface area contributed by atoms with E-state index in [-0.39, 0.29) is 11.4 Å². The van der Waals surface area contributed by atoms with Crippen LogP contribution in [0.1, 0.15) is 5.56 Å². The molecule has 0 fully saturated rings. The number of aryl methyl sites for hydroxylation is 1. The second-order valence-corrected chi connectivity index (χ2v) is 6.01. The van der Waals surface area contributed by atoms with E-state index in [4.69, 9.17) is 4.42 Å². The lowest BCUT2D eigenvalue weighted by Crippen LogP contribution is -2.03. The van der Waals surface area contributed by atoms with Gasteiger partial charge >= 0.3 is 5.63 Å². The van der Waals surface area contributed by atoms with Gasteiger partial charge in [0.1, 0.15) is 11.6 Å². The van der Waals surface area contributed by atoms with Gasteiger partial charge in [0, 0.05) is 16.5 Å². The molecule has 0 bridgehead atoms. The van der Waals surface area contributed by atoms with Crippen molar-refractivity contribution in [1.82, 2.24) is 0 Å². The molecule has 4 rings (SSSR count). The molecule has 0 aliphatic heterocycles. The lowest BCUT2D eigenvalue weighted by atomic mass is 9.95. The molecular weight excluding hydrogens is 315 g/mol. The SMILES string of the molecule is Cc1ccc(-c2oc(=O)c3ccccc3c2-c2ccc(F)cc2)cc1. The van der Waals surface area contributed by atoms with Crippen molar-refractivity contribution < 1.29 is 8.81 Å². The van der Waals surface area contributed by atoms with Crippen LogP contribution in [0, 0.1) is 12.7 Å². The third-order valence-electron chi connectivity index (χ3n) is 4.28. The van der Waals surface area contributed by atoms with Crippen molar-refractivity contribution in [3.05, 3.63) is 94.6 Å². The van der Waals surface area contributed by atoms with Crippen molar-refractivity contribution in [2.45, 2.75) is 6.92 Å². The summed E-state index contributed by atoms with van der Waals surface area (Å²) in [5, 5.41) is 1.30. The summed E-state index contributed by atoms with van der Waals surface area (Å²) in [4.78, 5) is 12.5. The molecule has 2 nitrogen and oxygen atoms in total. The fourth-order valence-corrected chi connectivity index (χ4v) is 3.01. The van der Waals surface area contributed by atoms with E-state index in [1.54, 1.807) is 24.3 Å². The van der Waals surface area contributed by atoms with E-state index < -0.39 is 0 Å². The number of hydrogen-bond acceptors (Lipinski definition) is 2. The van der Waals surface area contributed by atoms with E-state index in [1.165, 1.54) is 12.1 Å². The van der Waals surface area contributed by atoms with Gasteiger partial charge in [-0.1, -0.05) is 60.2 Å². The Kier molecular flexibility index (Phi) is 3.69. The summed E-state index contributed by atoms with van der Waals surface area (Å²) in [6, 6.07) is 21.3. The second kappa shape index (κ2) is 6.02. The topological polar surface area (TPSA) is 30.2 Å². The van der Waals surface area contributed by atoms with Gasteiger partial charge in [0.05, 0.1) is 5.39 Å². The van der Waals surface area contributed by atoms with Gasteiger partial charge in [-0.15, -0.1) is 0 Å². The zero-order chi connectivity index (χ0) is 17.4. The van der Waals surface area contributed by atoms with Gasteiger partial charge < -0.3 is 4.42 Å². The summed E-state index contributed by atoms with van der Waals surface area (Å²) in [6.45, 7) is 2.00. The molecule has 0 aliphatic rings. The van der Waals surface area contributed by atoms with Crippen molar-refractivity contribution in [2.75, 3.05) is 0 Å². The Morgan fingerprint density at radius 3 is 2.04 bits per heavy atom. The molecule has 0 amide bonds. The van der Waals surface area contributed by atoms with E-state index in [0.717, 1.165) is 27.6 Å². The lowest BCUT2D eigenvalue weighted by molar-refractivity contribution is 0.536. The maximum atomic E-state index is 13.4. The minimum absolute atomic E-state index is 0.303. The van der Waals surface area contributed by atoms with E-state index >= 15 is 0 Å². The minimum atomic E-state index is -0.378. The molecule has 1 heterocycles. The van der Waals surface area contributed by atoms with Crippen molar-refractivity contribution in [3.63, 3.8) is 0 Å². The van der Waals surface area contributed by atoms with Crippen LogP contribution in [0.4, 0.5) is 4.39 Å². The Bertz CT molecular complexity index is 1110. The summed E-state index contributed by atoms with van der Waals surface area (Å²) in [5.74, 6) is 0.192. The smallest absolute Gasteiger partial charge is 0.344 e. The zero-order valence-corrected chi connectivity index (χ0v) is 13.6. The average Bonchev–Trinajstić information content (AvgIpc) is 2.63. The van der Waals surface area contributed by atoms with E-state index in [2.05, 4.69) is 0 Å². The highest BCUT2D eigenvalue weighted by molar-refractivity contribution is 6.01. The molecule has 3 heteroatoms. The lowest BCUT2D eigenvalue weighted by Gasteiger charge is -2.12. The van der Waals surface area contributed by atoms with Crippen LogP contribution in [0.2, 0.25) is 0 Å². The van der Waals surface area contributed by atoms with Crippen LogP contribution >= 0.6 is 0 Å². The molecule has 0 saturated heterocycles. The number of hydrogen-bond donors (Lipinski definition) is 0. The van der Waals surface area contributed by atoms with Gasteiger partial charge in [-0.3, -0.25) is 0 Å². The third-order valence-corrected chi connectivity index (χ3v) is 4.28. The van der Waals surface area contributed by atoms with Gasteiger partial charge in [0.25, 0.3) is 0 Å². The monoisotopic (exact) mass is 330 g/mol. The van der Waals surface area contributed by atoms with Crippen molar-refractivity contribution in [1.29, 1.82) is 0 Å². The predicted molar refractivity (Wildman–Crippen MR) is 98.1 cm³/mol. The number of rotatable bonds is 2. The highest BCUT2D eigenvalue weighted by Gasteiger charge is 2.17. The van der Waals surface area contributed by atoms with Crippen LogP contribution in [-0.4, -0.2) is 0 Å². The first-order chi connectivity index (χ1) is 12.1. The van der Waals surface area contributed by atoms with E-state index in [0.29, 0.717) is 11.1 Å². The van der Waals surface area contributed by atoms with E-state index in [9.17, 15) is 9.18 Å². The van der Waals surface area contributed by atoms with Gasteiger partial charge in [0.15, 0.2) is 0 Å². The molecule has 0 spiro atoms. The van der Waals surface area contributed by atoms with E-state index in [1.807, 2.05) is 43.3 Å². The quantitative estimate of drug-likeness (QED) is 0.480. The van der Waals surface area contributed by atoms with Crippen LogP contribution in [-0.2, 0) is 0 Å². The molecule has 1 aromatic heterocycles. The summed E-state index contributed by atoms with van der Waals surface area (Å²) in [6.07, 6.45) is 0. The first kappa shape index (κ1) is 15.3. The van der Waals surface area contributed by atoms with Crippen LogP contribution in [0.25, 0.3) is 33.2 Å². The van der Waals surface area contributed by atoms with Gasteiger partial charge in [-0.25, -0.2) is 9.18 Å². The molecule has 0 unspecified atom stereocenters. The summed E-state index contributed by atoms with van der Waals surface area (Å²) < 4.78 is 19.1. The molecule has 25 heavy (non-hydrogen) atoms. The Hall–Kier alpha value is -3.20. The fraction of sp³-hybridized carbons (Fsp3) is 0.0455. The molecule has 4 aromatic rings. The zero-order valence-electron chi connectivity index (χ0n) is 13.6. The highest BCUT2D eigenvalue weighted by atomic mass is 19.1. The van der Waals surface area contributed by atoms with Crippen LogP contribution in [0.5, 0.6) is 0 Å². The Balaban J connectivity index is 2.11. The molecule has 0 atom stereocenters. The molecule has 3 aromatic carbocycles. The second-order valence-electron chi connectivity index (χ2n) is 6.01. The molecule has 0 N–H and O–H groups in total. The molecule has 0 radical (unpaired) electrons. The largest absolute Gasteiger partial charge is 0.422 e. The maximum absolute atomic E-state index is 13.4. The van der Waals surface area contributed by atoms with Crippen LogP contribution in [0.15, 0.2) is 82.0 Å². The normalized spacial score (nSPS) is 11.0.